The molecule has 1 amide bonds. The normalized spacial score (nSPS) is 13.9. The maximum Gasteiger partial charge on any atom is 0.271 e. The standard InChI is InChI=1S/C25H27N3O3/c1-16-8-10-18(11-9-16)23-21-6-4-5-7-22(21)25(30)28(27-23)17(2)24(29)26-19-12-14-20(31-3)15-13-19/h8-15,17H,4-7H2,1-3H3,(H,26,29). The average Bonchev–Trinajstić information content (AvgIpc) is 2.80. The van der Waals surface area contributed by atoms with E-state index in [0.29, 0.717) is 11.4 Å². The minimum Gasteiger partial charge on any atom is -0.497 e. The number of carbonyl (C=O) groups is 1. The number of nitrogens with one attached hydrogen (secondary N) is 1. The molecule has 4 rings (SSSR count). The van der Waals surface area contributed by atoms with Crippen LogP contribution in [0.3, 0.4) is 0 Å². The third-order valence-corrected chi connectivity index (χ3v) is 5.86. The van der Waals surface area contributed by atoms with Gasteiger partial charge in [0.05, 0.1) is 12.8 Å². The van der Waals surface area contributed by atoms with E-state index >= 15 is 0 Å². The first-order chi connectivity index (χ1) is 15.0. The van der Waals surface area contributed by atoms with E-state index < -0.39 is 6.04 Å². The molecule has 1 aromatic heterocycles. The number of aryl methyl sites for hydroxylation is 1. The van der Waals surface area contributed by atoms with Crippen LogP contribution in [0.1, 0.15) is 42.5 Å². The summed E-state index contributed by atoms with van der Waals surface area (Å²) < 4.78 is 6.50. The first-order valence-electron chi connectivity index (χ1n) is 10.6. The van der Waals surface area contributed by atoms with Gasteiger partial charge in [0, 0.05) is 16.8 Å². The van der Waals surface area contributed by atoms with Gasteiger partial charge in [-0.25, -0.2) is 4.68 Å². The minimum atomic E-state index is -0.744. The summed E-state index contributed by atoms with van der Waals surface area (Å²) in [6, 6.07) is 14.5. The molecule has 0 radical (unpaired) electrons. The van der Waals surface area contributed by atoms with Crippen molar-refractivity contribution in [2.45, 2.75) is 45.6 Å². The molecule has 1 heterocycles. The average molecular weight is 418 g/mol. The molecule has 1 unspecified atom stereocenters. The second-order valence-corrected chi connectivity index (χ2v) is 8.02. The fourth-order valence-corrected chi connectivity index (χ4v) is 3.99. The molecular weight excluding hydrogens is 390 g/mol. The number of anilines is 1. The summed E-state index contributed by atoms with van der Waals surface area (Å²) in [5.74, 6) is 0.423. The highest BCUT2D eigenvalue weighted by molar-refractivity contribution is 5.93. The van der Waals surface area contributed by atoms with E-state index in [1.54, 1.807) is 38.3 Å². The Morgan fingerprint density at radius 2 is 1.68 bits per heavy atom. The number of ether oxygens (including phenoxy) is 1. The molecule has 6 heteroatoms. The van der Waals surface area contributed by atoms with Gasteiger partial charge in [0.15, 0.2) is 0 Å². The van der Waals surface area contributed by atoms with Crippen molar-refractivity contribution in [2.75, 3.05) is 12.4 Å². The molecule has 160 valence electrons. The van der Waals surface area contributed by atoms with E-state index in [0.717, 1.165) is 53.6 Å². The number of hydrogen-bond donors (Lipinski definition) is 1. The van der Waals surface area contributed by atoms with E-state index in [1.807, 2.05) is 31.2 Å². The second kappa shape index (κ2) is 8.76. The SMILES string of the molecule is COc1ccc(NC(=O)C(C)n2nc(-c3ccc(C)cc3)c3c(c2=O)CCCC3)cc1. The largest absolute Gasteiger partial charge is 0.497 e. The van der Waals surface area contributed by atoms with Crippen LogP contribution in [0.25, 0.3) is 11.3 Å². The van der Waals surface area contributed by atoms with Crippen LogP contribution < -0.4 is 15.6 Å². The number of nitrogens with zero attached hydrogens (tertiary/aromatic N) is 2. The van der Waals surface area contributed by atoms with Gasteiger partial charge < -0.3 is 10.1 Å². The van der Waals surface area contributed by atoms with Gasteiger partial charge in [0.2, 0.25) is 5.91 Å². The van der Waals surface area contributed by atoms with Crippen LogP contribution in [0.4, 0.5) is 5.69 Å². The summed E-state index contributed by atoms with van der Waals surface area (Å²) in [4.78, 5) is 26.2. The molecule has 0 spiro atoms. The molecule has 3 aromatic rings. The lowest BCUT2D eigenvalue weighted by Crippen LogP contribution is -2.37. The van der Waals surface area contributed by atoms with Crippen LogP contribution in [0.15, 0.2) is 53.3 Å². The molecule has 1 atom stereocenters. The molecule has 31 heavy (non-hydrogen) atoms. The van der Waals surface area contributed by atoms with Gasteiger partial charge in [-0.1, -0.05) is 29.8 Å². The van der Waals surface area contributed by atoms with Crippen LogP contribution >= 0.6 is 0 Å². The number of amides is 1. The Kier molecular flexibility index (Phi) is 5.89. The quantitative estimate of drug-likeness (QED) is 0.672. The summed E-state index contributed by atoms with van der Waals surface area (Å²) >= 11 is 0. The lowest BCUT2D eigenvalue weighted by Gasteiger charge is -2.22. The Hall–Kier alpha value is -3.41. The zero-order valence-corrected chi connectivity index (χ0v) is 18.1. The molecular formula is C25H27N3O3. The Bertz CT molecular complexity index is 1150. The predicted octanol–water partition coefficient (Wildman–Crippen LogP) is 4.31. The van der Waals surface area contributed by atoms with Gasteiger partial charge in [0.25, 0.3) is 5.56 Å². The fourth-order valence-electron chi connectivity index (χ4n) is 3.99. The van der Waals surface area contributed by atoms with Gasteiger partial charge in [-0.3, -0.25) is 9.59 Å². The summed E-state index contributed by atoms with van der Waals surface area (Å²) in [7, 11) is 1.59. The van der Waals surface area contributed by atoms with Gasteiger partial charge in [-0.05, 0) is 69.4 Å². The smallest absolute Gasteiger partial charge is 0.271 e. The number of hydrogen-bond acceptors (Lipinski definition) is 4. The van der Waals surface area contributed by atoms with Crippen molar-refractivity contribution in [1.82, 2.24) is 9.78 Å². The highest BCUT2D eigenvalue weighted by Gasteiger charge is 2.25. The molecule has 0 bridgehead atoms. The number of methoxy groups -OCH3 is 1. The molecule has 6 nitrogen and oxygen atoms in total. The van der Waals surface area contributed by atoms with Crippen molar-refractivity contribution in [3.8, 4) is 17.0 Å². The lowest BCUT2D eigenvalue weighted by molar-refractivity contribution is -0.119. The molecule has 0 saturated heterocycles. The second-order valence-electron chi connectivity index (χ2n) is 8.02. The maximum atomic E-state index is 13.2. The monoisotopic (exact) mass is 417 g/mol. The van der Waals surface area contributed by atoms with Crippen molar-refractivity contribution in [2.24, 2.45) is 0 Å². The molecule has 1 aliphatic carbocycles. The first kappa shape index (κ1) is 20.8. The van der Waals surface area contributed by atoms with Crippen LogP contribution in [0.2, 0.25) is 0 Å². The van der Waals surface area contributed by atoms with Gasteiger partial charge in [-0.15, -0.1) is 0 Å². The summed E-state index contributed by atoms with van der Waals surface area (Å²) in [6.45, 7) is 3.75. The number of rotatable bonds is 5. The van der Waals surface area contributed by atoms with Crippen molar-refractivity contribution >= 4 is 11.6 Å². The molecule has 1 aliphatic rings. The third kappa shape index (κ3) is 4.24. The van der Waals surface area contributed by atoms with Crippen LogP contribution in [0.5, 0.6) is 5.75 Å². The molecule has 0 saturated carbocycles. The van der Waals surface area contributed by atoms with Crippen molar-refractivity contribution in [1.29, 1.82) is 0 Å². The summed E-state index contributed by atoms with van der Waals surface area (Å²) in [5, 5.41) is 7.57. The number of aromatic nitrogens is 2. The Morgan fingerprint density at radius 3 is 2.32 bits per heavy atom. The molecule has 0 aliphatic heterocycles. The van der Waals surface area contributed by atoms with Gasteiger partial charge >= 0.3 is 0 Å². The molecule has 2 aromatic carbocycles. The molecule has 1 N–H and O–H groups in total. The zero-order valence-electron chi connectivity index (χ0n) is 18.1. The number of carbonyl (C=O) groups excluding carboxylic acids is 1. The van der Waals surface area contributed by atoms with Crippen molar-refractivity contribution in [3.63, 3.8) is 0 Å². The fraction of sp³-hybridized carbons (Fsp3) is 0.320. The van der Waals surface area contributed by atoms with Crippen LogP contribution in [-0.4, -0.2) is 22.8 Å². The van der Waals surface area contributed by atoms with Gasteiger partial charge in [-0.2, -0.15) is 5.10 Å². The van der Waals surface area contributed by atoms with E-state index in [2.05, 4.69) is 5.32 Å². The van der Waals surface area contributed by atoms with E-state index in [9.17, 15) is 9.59 Å². The van der Waals surface area contributed by atoms with Gasteiger partial charge in [0.1, 0.15) is 11.8 Å². The van der Waals surface area contributed by atoms with E-state index in [1.165, 1.54) is 4.68 Å². The number of fused-ring (bicyclic) bond motifs is 1. The van der Waals surface area contributed by atoms with E-state index in [-0.39, 0.29) is 11.5 Å². The third-order valence-electron chi connectivity index (χ3n) is 5.86. The minimum absolute atomic E-state index is 0.164. The highest BCUT2D eigenvalue weighted by Crippen LogP contribution is 2.29. The van der Waals surface area contributed by atoms with Crippen LogP contribution in [0, 0.1) is 6.92 Å². The summed E-state index contributed by atoms with van der Waals surface area (Å²) in [5.41, 5.74) is 5.24. The Morgan fingerprint density at radius 1 is 1.03 bits per heavy atom. The van der Waals surface area contributed by atoms with E-state index in [4.69, 9.17) is 9.84 Å². The number of benzene rings is 2. The highest BCUT2D eigenvalue weighted by atomic mass is 16.5. The Balaban J connectivity index is 1.71. The Labute approximate surface area is 181 Å². The summed E-state index contributed by atoms with van der Waals surface area (Å²) in [6.07, 6.45) is 3.59. The van der Waals surface area contributed by atoms with Crippen molar-refractivity contribution in [3.05, 3.63) is 75.6 Å². The lowest BCUT2D eigenvalue weighted by atomic mass is 9.89. The molecule has 0 fully saturated rings. The zero-order chi connectivity index (χ0) is 22.0. The topological polar surface area (TPSA) is 73.2 Å². The first-order valence-corrected chi connectivity index (χ1v) is 10.6. The van der Waals surface area contributed by atoms with Crippen molar-refractivity contribution < 1.29 is 9.53 Å². The predicted molar refractivity (Wildman–Crippen MR) is 122 cm³/mol. The maximum absolute atomic E-state index is 13.2. The van der Waals surface area contributed by atoms with Crippen LogP contribution in [-0.2, 0) is 17.6 Å².